The van der Waals surface area contributed by atoms with Gasteiger partial charge in [0, 0.05) is 27.9 Å². The Balaban J connectivity index is 1.87. The molecule has 2 aromatic carbocycles. The first-order chi connectivity index (χ1) is 10.1. The SMILES string of the molecule is Cc1ccc(C(Br)Cc2ccc3ccccc3n2)c(F)c1. The third-order valence-electron chi connectivity index (χ3n) is 3.54. The molecule has 0 saturated carbocycles. The summed E-state index contributed by atoms with van der Waals surface area (Å²) in [7, 11) is 0. The predicted octanol–water partition coefficient (Wildman–Crippen LogP) is 5.36. The summed E-state index contributed by atoms with van der Waals surface area (Å²) in [5.74, 6) is -0.169. The highest BCUT2D eigenvalue weighted by molar-refractivity contribution is 9.09. The van der Waals surface area contributed by atoms with Gasteiger partial charge in [0.05, 0.1) is 5.52 Å². The van der Waals surface area contributed by atoms with Crippen molar-refractivity contribution in [2.45, 2.75) is 18.2 Å². The fourth-order valence-electron chi connectivity index (χ4n) is 2.40. The Morgan fingerprint density at radius 3 is 2.71 bits per heavy atom. The number of alkyl halides is 1. The maximum Gasteiger partial charge on any atom is 0.127 e. The minimum absolute atomic E-state index is 0.0771. The van der Waals surface area contributed by atoms with Crippen LogP contribution in [0, 0.1) is 12.7 Å². The monoisotopic (exact) mass is 343 g/mol. The van der Waals surface area contributed by atoms with Gasteiger partial charge in [-0.15, -0.1) is 0 Å². The molecule has 0 aliphatic heterocycles. The van der Waals surface area contributed by atoms with Crippen LogP contribution >= 0.6 is 15.9 Å². The molecule has 0 fully saturated rings. The van der Waals surface area contributed by atoms with E-state index in [1.807, 2.05) is 49.4 Å². The van der Waals surface area contributed by atoms with Gasteiger partial charge in [0.25, 0.3) is 0 Å². The zero-order chi connectivity index (χ0) is 14.8. The molecule has 3 heteroatoms. The van der Waals surface area contributed by atoms with E-state index in [9.17, 15) is 4.39 Å². The van der Waals surface area contributed by atoms with Crippen molar-refractivity contribution in [2.75, 3.05) is 0 Å². The van der Waals surface area contributed by atoms with Gasteiger partial charge >= 0.3 is 0 Å². The number of hydrogen-bond donors (Lipinski definition) is 0. The fraction of sp³-hybridized carbons (Fsp3) is 0.167. The van der Waals surface area contributed by atoms with Gasteiger partial charge in [0.2, 0.25) is 0 Å². The van der Waals surface area contributed by atoms with Crippen molar-refractivity contribution >= 4 is 26.8 Å². The summed E-state index contributed by atoms with van der Waals surface area (Å²) >= 11 is 3.58. The van der Waals surface area contributed by atoms with Gasteiger partial charge in [-0.3, -0.25) is 4.98 Å². The third kappa shape index (κ3) is 3.13. The lowest BCUT2D eigenvalue weighted by atomic mass is 10.0. The van der Waals surface area contributed by atoms with Gasteiger partial charge in [-0.1, -0.05) is 52.3 Å². The van der Waals surface area contributed by atoms with E-state index in [0.29, 0.717) is 12.0 Å². The molecule has 3 rings (SSSR count). The zero-order valence-electron chi connectivity index (χ0n) is 11.7. The number of rotatable bonds is 3. The molecule has 21 heavy (non-hydrogen) atoms. The van der Waals surface area contributed by atoms with Crippen LogP contribution in [0.1, 0.15) is 21.6 Å². The Hall–Kier alpha value is -1.74. The minimum atomic E-state index is -0.169. The van der Waals surface area contributed by atoms with Gasteiger partial charge in [-0.05, 0) is 30.7 Å². The number of halogens is 2. The molecule has 0 aliphatic carbocycles. The second-order valence-electron chi connectivity index (χ2n) is 5.19. The van der Waals surface area contributed by atoms with Crippen molar-refractivity contribution in [1.29, 1.82) is 0 Å². The minimum Gasteiger partial charge on any atom is -0.253 e. The summed E-state index contributed by atoms with van der Waals surface area (Å²) in [6.45, 7) is 1.89. The smallest absolute Gasteiger partial charge is 0.127 e. The second kappa shape index (κ2) is 5.94. The molecule has 0 amide bonds. The lowest BCUT2D eigenvalue weighted by Gasteiger charge is -2.12. The summed E-state index contributed by atoms with van der Waals surface area (Å²) in [6, 6.07) is 17.4. The highest BCUT2D eigenvalue weighted by Gasteiger charge is 2.14. The van der Waals surface area contributed by atoms with Crippen LogP contribution < -0.4 is 0 Å². The van der Waals surface area contributed by atoms with Crippen molar-refractivity contribution in [3.8, 4) is 0 Å². The van der Waals surface area contributed by atoms with Crippen LogP contribution in [0.4, 0.5) is 4.39 Å². The van der Waals surface area contributed by atoms with Crippen molar-refractivity contribution in [1.82, 2.24) is 4.98 Å². The van der Waals surface area contributed by atoms with E-state index < -0.39 is 0 Å². The summed E-state index contributed by atoms with van der Waals surface area (Å²) < 4.78 is 14.0. The molecule has 0 bridgehead atoms. The average molecular weight is 344 g/mol. The topological polar surface area (TPSA) is 12.9 Å². The summed E-state index contributed by atoms with van der Waals surface area (Å²) in [5, 5.41) is 1.12. The average Bonchev–Trinajstić information content (AvgIpc) is 2.47. The van der Waals surface area contributed by atoms with E-state index in [1.54, 1.807) is 6.07 Å². The number of hydrogen-bond acceptors (Lipinski definition) is 1. The van der Waals surface area contributed by atoms with E-state index in [4.69, 9.17) is 0 Å². The predicted molar refractivity (Wildman–Crippen MR) is 88.3 cm³/mol. The first-order valence-corrected chi connectivity index (χ1v) is 7.80. The van der Waals surface area contributed by atoms with Crippen LogP contribution in [-0.2, 0) is 6.42 Å². The van der Waals surface area contributed by atoms with E-state index in [-0.39, 0.29) is 10.6 Å². The maximum absolute atomic E-state index is 14.0. The number of aromatic nitrogens is 1. The Kier molecular flexibility index (Phi) is 4.02. The number of benzene rings is 2. The van der Waals surface area contributed by atoms with Crippen LogP contribution in [0.15, 0.2) is 54.6 Å². The third-order valence-corrected chi connectivity index (χ3v) is 4.35. The standard InChI is InChI=1S/C18H15BrFN/c1-12-6-9-15(17(20)10-12)16(19)11-14-8-7-13-4-2-3-5-18(13)21-14/h2-10,16H,11H2,1H3. The van der Waals surface area contributed by atoms with Crippen LogP contribution in [0.5, 0.6) is 0 Å². The van der Waals surface area contributed by atoms with Crippen LogP contribution in [0.2, 0.25) is 0 Å². The summed E-state index contributed by atoms with van der Waals surface area (Å²) in [6.07, 6.45) is 0.658. The molecule has 1 unspecified atom stereocenters. The molecule has 0 N–H and O–H groups in total. The van der Waals surface area contributed by atoms with Gasteiger partial charge in [0.15, 0.2) is 0 Å². The van der Waals surface area contributed by atoms with Gasteiger partial charge in [0.1, 0.15) is 5.82 Å². The fourth-order valence-corrected chi connectivity index (χ4v) is 3.10. The molecule has 0 aliphatic rings. The van der Waals surface area contributed by atoms with Gasteiger partial charge < -0.3 is 0 Å². The molecule has 3 aromatic rings. The van der Waals surface area contributed by atoms with E-state index in [0.717, 1.165) is 22.2 Å². The van der Waals surface area contributed by atoms with Gasteiger partial charge in [-0.2, -0.15) is 0 Å². The van der Waals surface area contributed by atoms with E-state index in [1.165, 1.54) is 0 Å². The maximum atomic E-state index is 14.0. The molecule has 0 radical (unpaired) electrons. The number of aryl methyl sites for hydroxylation is 1. The molecule has 106 valence electrons. The summed E-state index contributed by atoms with van der Waals surface area (Å²) in [5.41, 5.74) is 3.53. The molecule has 0 saturated heterocycles. The zero-order valence-corrected chi connectivity index (χ0v) is 13.3. The highest BCUT2D eigenvalue weighted by Crippen LogP contribution is 2.29. The second-order valence-corrected chi connectivity index (χ2v) is 6.30. The van der Waals surface area contributed by atoms with Crippen molar-refractivity contribution < 1.29 is 4.39 Å². The van der Waals surface area contributed by atoms with Gasteiger partial charge in [-0.25, -0.2) is 4.39 Å². The lowest BCUT2D eigenvalue weighted by molar-refractivity contribution is 0.606. The van der Waals surface area contributed by atoms with Crippen LogP contribution in [-0.4, -0.2) is 4.98 Å². The number of nitrogens with zero attached hydrogens (tertiary/aromatic N) is 1. The first-order valence-electron chi connectivity index (χ1n) is 6.88. The molecule has 1 heterocycles. The molecule has 1 aromatic heterocycles. The first kappa shape index (κ1) is 14.2. The molecular weight excluding hydrogens is 329 g/mol. The lowest BCUT2D eigenvalue weighted by Crippen LogP contribution is -2.01. The number of para-hydroxylation sites is 1. The van der Waals surface area contributed by atoms with Crippen molar-refractivity contribution in [2.24, 2.45) is 0 Å². The Morgan fingerprint density at radius 2 is 1.90 bits per heavy atom. The Bertz CT molecular complexity index is 785. The largest absolute Gasteiger partial charge is 0.253 e. The summed E-state index contributed by atoms with van der Waals surface area (Å²) in [4.78, 5) is 4.56. The Morgan fingerprint density at radius 1 is 1.10 bits per heavy atom. The van der Waals surface area contributed by atoms with E-state index in [2.05, 4.69) is 27.0 Å². The molecule has 1 nitrogen and oxygen atoms in total. The quantitative estimate of drug-likeness (QED) is 0.583. The van der Waals surface area contributed by atoms with Crippen molar-refractivity contribution in [3.63, 3.8) is 0 Å². The highest BCUT2D eigenvalue weighted by atomic mass is 79.9. The van der Waals surface area contributed by atoms with E-state index >= 15 is 0 Å². The van der Waals surface area contributed by atoms with Crippen LogP contribution in [0.25, 0.3) is 10.9 Å². The molecular formula is C18H15BrFN. The normalized spacial score (nSPS) is 12.5. The number of pyridine rings is 1. The van der Waals surface area contributed by atoms with Crippen LogP contribution in [0.3, 0.4) is 0 Å². The molecule has 1 atom stereocenters. The van der Waals surface area contributed by atoms with Crippen molar-refractivity contribution in [3.05, 3.63) is 77.2 Å². The molecule has 0 spiro atoms. The Labute approximate surface area is 132 Å². The number of fused-ring (bicyclic) bond motifs is 1.